The number of aromatic nitrogens is 1. The Hall–Kier alpha value is -4.27. The Balaban J connectivity index is 1.79. The van der Waals surface area contributed by atoms with Gasteiger partial charge in [0.05, 0.1) is 21.8 Å². The fourth-order valence-corrected chi connectivity index (χ4v) is 4.72. The van der Waals surface area contributed by atoms with E-state index in [-0.39, 0.29) is 21.9 Å². The molecule has 5 rings (SSSR count). The van der Waals surface area contributed by atoms with Gasteiger partial charge in [-0.2, -0.15) is 8.42 Å². The molecule has 0 spiro atoms. The van der Waals surface area contributed by atoms with Crippen LogP contribution in [0.4, 0.5) is 5.69 Å². The molecule has 0 aliphatic heterocycles. The summed E-state index contributed by atoms with van der Waals surface area (Å²) >= 11 is 0. The predicted octanol–water partition coefficient (Wildman–Crippen LogP) is 5.24. The molecule has 0 radical (unpaired) electrons. The summed E-state index contributed by atoms with van der Waals surface area (Å²) in [6.07, 6.45) is 0. The van der Waals surface area contributed by atoms with Crippen LogP contribution in [0.1, 0.15) is 12.5 Å². The van der Waals surface area contributed by atoms with Crippen LogP contribution in [0, 0.1) is 0 Å². The molecule has 1 heterocycles. The van der Waals surface area contributed by atoms with Crippen molar-refractivity contribution in [2.45, 2.75) is 11.8 Å². The molecule has 8 heteroatoms. The minimum absolute atomic E-state index is 0.0375. The first kappa shape index (κ1) is 22.5. The molecule has 35 heavy (non-hydrogen) atoms. The molecule has 0 amide bonds. The molecule has 7 nitrogen and oxygen atoms in total. The predicted molar refractivity (Wildman–Crippen MR) is 137 cm³/mol. The Morgan fingerprint density at radius 2 is 1.57 bits per heavy atom. The number of fused-ring (bicyclic) bond motifs is 2. The van der Waals surface area contributed by atoms with Crippen LogP contribution in [0.5, 0.6) is 5.75 Å². The van der Waals surface area contributed by atoms with Gasteiger partial charge in [-0.25, -0.2) is 0 Å². The molecule has 0 aliphatic rings. The summed E-state index contributed by atoms with van der Waals surface area (Å²) in [6.45, 7) is 1.62. The molecule has 5 aromatic rings. The van der Waals surface area contributed by atoms with Gasteiger partial charge in [0.25, 0.3) is 15.7 Å². The van der Waals surface area contributed by atoms with Crippen molar-refractivity contribution < 1.29 is 18.1 Å². The van der Waals surface area contributed by atoms with E-state index in [9.17, 15) is 22.9 Å². The van der Waals surface area contributed by atoms with Crippen molar-refractivity contribution in [2.75, 3.05) is 0 Å². The third kappa shape index (κ3) is 3.99. The highest BCUT2D eigenvalue weighted by Gasteiger charge is 2.20. The summed E-state index contributed by atoms with van der Waals surface area (Å²) < 4.78 is 34.3. The Morgan fingerprint density at radius 1 is 0.857 bits per heavy atom. The maximum Gasteiger partial charge on any atom is 0.294 e. The molecule has 0 aliphatic carbocycles. The SMILES string of the molecule is CC(=Nc1cccc2ccc(S(=O)(=O)O)cc12)c1c(O)c2ccccc2n(-c2ccccc2)c1=O. The second-order valence-electron chi connectivity index (χ2n) is 8.05. The minimum Gasteiger partial charge on any atom is -0.506 e. The molecule has 0 saturated heterocycles. The van der Waals surface area contributed by atoms with Crippen molar-refractivity contribution in [3.63, 3.8) is 0 Å². The van der Waals surface area contributed by atoms with E-state index in [1.807, 2.05) is 30.3 Å². The Labute approximate surface area is 201 Å². The summed E-state index contributed by atoms with van der Waals surface area (Å²) in [6, 6.07) is 25.6. The summed E-state index contributed by atoms with van der Waals surface area (Å²) in [5, 5.41) is 12.8. The second kappa shape index (κ2) is 8.50. The maximum atomic E-state index is 13.7. The molecular formula is C27H20N2O5S. The molecular weight excluding hydrogens is 464 g/mol. The second-order valence-corrected chi connectivity index (χ2v) is 9.47. The summed E-state index contributed by atoms with van der Waals surface area (Å²) in [5.41, 5.74) is 1.45. The standard InChI is InChI=1S/C27H20N2O5S/c1-17(28-23-12-7-8-18-14-15-20(16-22(18)23)35(32,33)34)25-26(30)21-11-5-6-13-24(21)29(27(25)31)19-9-3-2-4-10-19/h2-16,30H,1H3,(H,32,33,34). The number of para-hydroxylation sites is 2. The van der Waals surface area contributed by atoms with E-state index in [0.29, 0.717) is 33.1 Å². The molecule has 0 bridgehead atoms. The molecule has 0 unspecified atom stereocenters. The number of nitrogens with zero attached hydrogens (tertiary/aromatic N) is 2. The van der Waals surface area contributed by atoms with Gasteiger partial charge in [0.15, 0.2) is 0 Å². The molecule has 0 atom stereocenters. The average molecular weight is 485 g/mol. The third-order valence-electron chi connectivity index (χ3n) is 5.85. The van der Waals surface area contributed by atoms with Crippen LogP contribution in [0.3, 0.4) is 0 Å². The number of rotatable bonds is 4. The monoisotopic (exact) mass is 484 g/mol. The molecule has 0 fully saturated rings. The summed E-state index contributed by atoms with van der Waals surface area (Å²) in [4.78, 5) is 18.0. The van der Waals surface area contributed by atoms with E-state index >= 15 is 0 Å². The number of hydrogen-bond donors (Lipinski definition) is 2. The van der Waals surface area contributed by atoms with Crippen molar-refractivity contribution in [3.8, 4) is 11.4 Å². The smallest absolute Gasteiger partial charge is 0.294 e. The summed E-state index contributed by atoms with van der Waals surface area (Å²) in [7, 11) is -4.41. The lowest BCUT2D eigenvalue weighted by Gasteiger charge is -2.15. The number of aromatic hydroxyl groups is 1. The lowest BCUT2D eigenvalue weighted by atomic mass is 10.1. The van der Waals surface area contributed by atoms with Crippen LogP contribution in [-0.2, 0) is 10.1 Å². The Morgan fingerprint density at radius 3 is 2.31 bits per heavy atom. The van der Waals surface area contributed by atoms with E-state index in [2.05, 4.69) is 4.99 Å². The van der Waals surface area contributed by atoms with Crippen LogP contribution < -0.4 is 5.56 Å². The van der Waals surface area contributed by atoms with Crippen molar-refractivity contribution in [1.82, 2.24) is 4.57 Å². The normalized spacial score (nSPS) is 12.3. The average Bonchev–Trinajstić information content (AvgIpc) is 2.84. The number of pyridine rings is 1. The first-order valence-electron chi connectivity index (χ1n) is 10.7. The van der Waals surface area contributed by atoms with Crippen molar-refractivity contribution in [1.29, 1.82) is 0 Å². The highest BCUT2D eigenvalue weighted by Crippen LogP contribution is 2.32. The van der Waals surface area contributed by atoms with Gasteiger partial charge in [0.2, 0.25) is 0 Å². The minimum atomic E-state index is -4.41. The van der Waals surface area contributed by atoms with Gasteiger partial charge in [-0.05, 0) is 54.8 Å². The maximum absolute atomic E-state index is 13.7. The largest absolute Gasteiger partial charge is 0.506 e. The summed E-state index contributed by atoms with van der Waals surface area (Å²) in [5.74, 6) is -0.183. The van der Waals surface area contributed by atoms with Crippen molar-refractivity contribution in [2.24, 2.45) is 4.99 Å². The van der Waals surface area contributed by atoms with Crippen LogP contribution in [0.15, 0.2) is 106 Å². The van der Waals surface area contributed by atoms with Crippen LogP contribution in [0.2, 0.25) is 0 Å². The first-order chi connectivity index (χ1) is 16.8. The zero-order valence-corrected chi connectivity index (χ0v) is 19.4. The third-order valence-corrected chi connectivity index (χ3v) is 6.70. The van der Waals surface area contributed by atoms with Crippen LogP contribution in [-0.4, -0.2) is 28.4 Å². The highest BCUT2D eigenvalue weighted by molar-refractivity contribution is 7.85. The lowest BCUT2D eigenvalue weighted by molar-refractivity contribution is 0.478. The zero-order valence-electron chi connectivity index (χ0n) is 18.6. The van der Waals surface area contributed by atoms with E-state index in [0.717, 1.165) is 0 Å². The molecule has 2 N–H and O–H groups in total. The number of hydrogen-bond acceptors (Lipinski definition) is 5. The van der Waals surface area contributed by atoms with Gasteiger partial charge in [-0.3, -0.25) is 18.9 Å². The molecule has 1 aromatic heterocycles. The van der Waals surface area contributed by atoms with Crippen molar-refractivity contribution in [3.05, 3.63) is 107 Å². The van der Waals surface area contributed by atoms with Crippen LogP contribution in [0.25, 0.3) is 27.4 Å². The topological polar surface area (TPSA) is 109 Å². The van der Waals surface area contributed by atoms with Gasteiger partial charge >= 0.3 is 0 Å². The van der Waals surface area contributed by atoms with Crippen LogP contribution >= 0.6 is 0 Å². The fraction of sp³-hybridized carbons (Fsp3) is 0.0370. The van der Waals surface area contributed by atoms with Gasteiger partial charge < -0.3 is 5.11 Å². The molecule has 174 valence electrons. The van der Waals surface area contributed by atoms with Gasteiger partial charge in [0, 0.05) is 16.5 Å². The van der Waals surface area contributed by atoms with E-state index < -0.39 is 15.7 Å². The van der Waals surface area contributed by atoms with Gasteiger partial charge in [0.1, 0.15) is 11.3 Å². The highest BCUT2D eigenvalue weighted by atomic mass is 32.2. The Kier molecular flexibility index (Phi) is 5.47. The lowest BCUT2D eigenvalue weighted by Crippen LogP contribution is -2.25. The van der Waals surface area contributed by atoms with Gasteiger partial charge in [-0.15, -0.1) is 0 Å². The first-order valence-corrected chi connectivity index (χ1v) is 12.2. The Bertz CT molecular complexity index is 1810. The molecule has 4 aromatic carbocycles. The zero-order chi connectivity index (χ0) is 24.7. The van der Waals surface area contributed by atoms with Crippen molar-refractivity contribution >= 4 is 43.2 Å². The quantitative estimate of drug-likeness (QED) is 0.268. The van der Waals surface area contributed by atoms with E-state index in [4.69, 9.17) is 0 Å². The van der Waals surface area contributed by atoms with Gasteiger partial charge in [-0.1, -0.05) is 48.5 Å². The fourth-order valence-electron chi connectivity index (χ4n) is 4.22. The van der Waals surface area contributed by atoms with E-state index in [1.165, 1.54) is 16.7 Å². The van der Waals surface area contributed by atoms with E-state index in [1.54, 1.807) is 55.5 Å². The number of benzene rings is 4. The molecule has 0 saturated carbocycles. The number of aliphatic imine (C=N–C) groups is 1.